The largest absolute Gasteiger partial charge is 0.507 e. The smallest absolute Gasteiger partial charge is 0.453 e. The number of benzene rings is 3. The Kier molecular flexibility index (Phi) is 6.15. The number of likely N-dealkylation sites (tertiary alicyclic amines) is 1. The van der Waals surface area contributed by atoms with Crippen molar-refractivity contribution in [1.82, 2.24) is 0 Å². The number of fused-ring (bicyclic) bond motifs is 2. The van der Waals surface area contributed by atoms with Crippen LogP contribution >= 0.6 is 0 Å². The molecule has 2 heterocycles. The van der Waals surface area contributed by atoms with Crippen molar-refractivity contribution in [2.75, 3.05) is 13.1 Å². The minimum absolute atomic E-state index is 0.0594. The quantitative estimate of drug-likeness (QED) is 0.406. The van der Waals surface area contributed by atoms with Crippen molar-refractivity contribution in [3.8, 4) is 17.2 Å². The lowest BCUT2D eigenvalue weighted by Gasteiger charge is -2.19. The van der Waals surface area contributed by atoms with Gasteiger partial charge in [-0.15, -0.1) is 0 Å². The number of nitrogens with one attached hydrogen (secondary N) is 1. The molecule has 2 N–H and O–H groups in total. The zero-order valence-electron chi connectivity index (χ0n) is 19.0. The number of phenolic OH excluding ortho intramolecular Hbond substituents is 1. The van der Waals surface area contributed by atoms with Gasteiger partial charge in [0, 0.05) is 0 Å². The van der Waals surface area contributed by atoms with Gasteiger partial charge in [0.2, 0.25) is 11.2 Å². The van der Waals surface area contributed by atoms with Crippen molar-refractivity contribution in [3.63, 3.8) is 0 Å². The highest BCUT2D eigenvalue weighted by Gasteiger charge is 2.41. The first kappa shape index (κ1) is 23.2. The fourth-order valence-electron chi connectivity index (χ4n) is 4.74. The number of aromatic hydroxyl groups is 1. The van der Waals surface area contributed by atoms with E-state index in [0.717, 1.165) is 54.4 Å². The second-order valence-electron chi connectivity index (χ2n) is 8.98. The van der Waals surface area contributed by atoms with Crippen molar-refractivity contribution < 1.29 is 32.3 Å². The third-order valence-electron chi connectivity index (χ3n) is 6.53. The summed E-state index contributed by atoms with van der Waals surface area (Å²) in [5, 5.41) is 12.1. The summed E-state index contributed by atoms with van der Waals surface area (Å²) < 4.78 is 53.1. The van der Waals surface area contributed by atoms with Crippen LogP contribution in [0.1, 0.15) is 37.0 Å². The van der Waals surface area contributed by atoms with Crippen LogP contribution in [0.5, 0.6) is 17.2 Å². The highest BCUT2D eigenvalue weighted by Crippen LogP contribution is 2.40. The standard InChI is InChI=1S/C27H24F3NO4/c28-27(29,30)26-25(34-19-10-9-17-7-3-4-8-18(17)15-19)23(33)20-11-12-22(32)21(24(20)35-26)16-31-13-5-1-2-6-14-31/h3-4,7-12,15,32H,1-2,5-6,13-14,16H2/p+1. The van der Waals surface area contributed by atoms with Gasteiger partial charge in [0.25, 0.3) is 5.76 Å². The minimum Gasteiger partial charge on any atom is -0.507 e. The molecule has 5 nitrogen and oxygen atoms in total. The van der Waals surface area contributed by atoms with Crippen LogP contribution in [0.4, 0.5) is 13.2 Å². The predicted molar refractivity (Wildman–Crippen MR) is 126 cm³/mol. The topological polar surface area (TPSA) is 64.1 Å². The van der Waals surface area contributed by atoms with Crippen molar-refractivity contribution >= 4 is 21.7 Å². The second kappa shape index (κ2) is 9.26. The maximum absolute atomic E-state index is 14.1. The minimum atomic E-state index is -4.97. The molecule has 0 saturated carbocycles. The van der Waals surface area contributed by atoms with Gasteiger partial charge in [0.15, 0.2) is 5.58 Å². The molecule has 8 heteroatoms. The number of alkyl halides is 3. The first-order valence-electron chi connectivity index (χ1n) is 11.7. The molecule has 1 fully saturated rings. The molecule has 0 atom stereocenters. The van der Waals surface area contributed by atoms with E-state index in [0.29, 0.717) is 0 Å². The van der Waals surface area contributed by atoms with Crippen LogP contribution < -0.4 is 15.1 Å². The molecule has 5 rings (SSSR count). The fraction of sp³-hybridized carbons (Fsp3) is 0.296. The van der Waals surface area contributed by atoms with E-state index < -0.39 is 23.1 Å². The van der Waals surface area contributed by atoms with Gasteiger partial charge in [-0.05, 0) is 60.7 Å². The van der Waals surface area contributed by atoms with Crippen LogP contribution in [0, 0.1) is 0 Å². The van der Waals surface area contributed by atoms with Crippen LogP contribution in [-0.2, 0) is 12.7 Å². The third-order valence-corrected chi connectivity index (χ3v) is 6.53. The van der Waals surface area contributed by atoms with Gasteiger partial charge in [-0.3, -0.25) is 4.79 Å². The molecule has 3 aromatic carbocycles. The van der Waals surface area contributed by atoms with Crippen LogP contribution in [0.25, 0.3) is 21.7 Å². The molecule has 1 aromatic heterocycles. The Morgan fingerprint density at radius 2 is 1.66 bits per heavy atom. The molecule has 182 valence electrons. The van der Waals surface area contributed by atoms with Gasteiger partial charge < -0.3 is 19.2 Å². The SMILES string of the molecule is O=c1c(Oc2ccc3ccccc3c2)c(C(F)(F)F)oc2c(C[NH+]3CCCCCC3)c(O)ccc12. The maximum Gasteiger partial charge on any atom is 0.453 e. The van der Waals surface area contributed by atoms with Gasteiger partial charge in [0.05, 0.1) is 24.0 Å². The van der Waals surface area contributed by atoms with Crippen molar-refractivity contribution in [2.45, 2.75) is 38.4 Å². The molecule has 35 heavy (non-hydrogen) atoms. The Morgan fingerprint density at radius 1 is 0.943 bits per heavy atom. The molecule has 0 spiro atoms. The van der Waals surface area contributed by atoms with Gasteiger partial charge in [-0.1, -0.05) is 30.3 Å². The molecule has 0 aliphatic carbocycles. The number of rotatable bonds is 4. The third kappa shape index (κ3) is 4.71. The Labute approximate surface area is 199 Å². The number of halogens is 3. The molecule has 0 bridgehead atoms. The molecule has 0 unspecified atom stereocenters. The number of hydrogen-bond donors (Lipinski definition) is 2. The average Bonchev–Trinajstić information content (AvgIpc) is 3.10. The summed E-state index contributed by atoms with van der Waals surface area (Å²) >= 11 is 0. The Hall–Kier alpha value is -3.52. The highest BCUT2D eigenvalue weighted by molar-refractivity contribution is 5.85. The monoisotopic (exact) mass is 484 g/mol. The molecule has 4 aromatic rings. The van der Waals surface area contributed by atoms with Crippen molar-refractivity contribution in [1.29, 1.82) is 0 Å². The first-order chi connectivity index (χ1) is 16.8. The summed E-state index contributed by atoms with van der Waals surface area (Å²) in [4.78, 5) is 14.4. The summed E-state index contributed by atoms with van der Waals surface area (Å²) in [5.41, 5.74) is -0.969. The summed E-state index contributed by atoms with van der Waals surface area (Å²) in [7, 11) is 0. The predicted octanol–water partition coefficient (Wildman–Crippen LogP) is 5.42. The van der Waals surface area contributed by atoms with Crippen LogP contribution in [0.15, 0.2) is 63.8 Å². The lowest BCUT2D eigenvalue weighted by atomic mass is 10.1. The molecule has 0 amide bonds. The van der Waals surface area contributed by atoms with E-state index in [2.05, 4.69) is 0 Å². The van der Waals surface area contributed by atoms with Gasteiger partial charge >= 0.3 is 6.18 Å². The van der Waals surface area contributed by atoms with E-state index in [-0.39, 0.29) is 34.6 Å². The number of quaternary nitrogens is 1. The van der Waals surface area contributed by atoms with E-state index in [4.69, 9.17) is 9.15 Å². The Morgan fingerprint density at radius 3 is 2.37 bits per heavy atom. The maximum atomic E-state index is 14.1. The average molecular weight is 484 g/mol. The molecule has 0 radical (unpaired) electrons. The van der Waals surface area contributed by atoms with Crippen LogP contribution in [0.3, 0.4) is 0 Å². The van der Waals surface area contributed by atoms with Gasteiger partial charge in [0.1, 0.15) is 18.0 Å². The second-order valence-corrected chi connectivity index (χ2v) is 8.98. The Balaban J connectivity index is 1.63. The van der Waals surface area contributed by atoms with Crippen LogP contribution in [-0.4, -0.2) is 18.2 Å². The summed E-state index contributed by atoms with van der Waals surface area (Å²) in [6.45, 7) is 1.96. The van der Waals surface area contributed by atoms with Crippen molar-refractivity contribution in [3.05, 3.63) is 76.1 Å². The lowest BCUT2D eigenvalue weighted by molar-refractivity contribution is -0.913. The highest BCUT2D eigenvalue weighted by atomic mass is 19.4. The first-order valence-corrected chi connectivity index (χ1v) is 11.7. The zero-order chi connectivity index (χ0) is 24.6. The summed E-state index contributed by atoms with van der Waals surface area (Å²) in [6.07, 6.45) is -0.760. The number of hydrogen-bond acceptors (Lipinski definition) is 4. The summed E-state index contributed by atoms with van der Waals surface area (Å²) in [6, 6.07) is 14.7. The van der Waals surface area contributed by atoms with E-state index in [1.165, 1.54) is 18.2 Å². The lowest BCUT2D eigenvalue weighted by Crippen LogP contribution is -3.10. The molecule has 1 aliphatic rings. The Bertz CT molecular complexity index is 1440. The van der Waals surface area contributed by atoms with E-state index in [1.807, 2.05) is 12.1 Å². The van der Waals surface area contributed by atoms with E-state index in [1.54, 1.807) is 24.3 Å². The molecule has 1 saturated heterocycles. The van der Waals surface area contributed by atoms with Gasteiger partial charge in [-0.25, -0.2) is 0 Å². The fourth-order valence-corrected chi connectivity index (χ4v) is 4.74. The zero-order valence-corrected chi connectivity index (χ0v) is 19.0. The van der Waals surface area contributed by atoms with Crippen molar-refractivity contribution in [2.24, 2.45) is 0 Å². The van der Waals surface area contributed by atoms with Gasteiger partial charge in [-0.2, -0.15) is 13.2 Å². The van der Waals surface area contributed by atoms with Crippen LogP contribution in [0.2, 0.25) is 0 Å². The normalized spacial score (nSPS) is 15.4. The molecule has 1 aliphatic heterocycles. The summed E-state index contributed by atoms with van der Waals surface area (Å²) in [5.74, 6) is -2.53. The molecular weight excluding hydrogens is 459 g/mol. The molecular formula is C27H25F3NO4+. The van der Waals surface area contributed by atoms with E-state index in [9.17, 15) is 23.1 Å². The van der Waals surface area contributed by atoms with E-state index >= 15 is 0 Å². The number of ether oxygens (including phenoxy) is 1. The number of phenols is 1.